The molecule has 0 heterocycles. The summed E-state index contributed by atoms with van der Waals surface area (Å²) in [5.74, 6) is 0. The summed E-state index contributed by atoms with van der Waals surface area (Å²) in [7, 11) is 2.04. The molecule has 1 aromatic rings. The van der Waals surface area contributed by atoms with Gasteiger partial charge in [-0.15, -0.1) is 0 Å². The molecule has 94 valence electrons. The summed E-state index contributed by atoms with van der Waals surface area (Å²) < 4.78 is 0. The van der Waals surface area contributed by atoms with Gasteiger partial charge in [-0.05, 0) is 50.4 Å². The predicted molar refractivity (Wildman–Crippen MR) is 73.5 cm³/mol. The maximum atomic E-state index is 6.09. The van der Waals surface area contributed by atoms with Gasteiger partial charge >= 0.3 is 0 Å². The zero-order valence-electron chi connectivity index (χ0n) is 10.4. The molecular formula is C14H21ClN2. The topological polar surface area (TPSA) is 38.0 Å². The van der Waals surface area contributed by atoms with Crippen molar-refractivity contribution in [2.24, 2.45) is 5.73 Å². The Morgan fingerprint density at radius 3 is 2.65 bits per heavy atom. The van der Waals surface area contributed by atoms with E-state index in [2.05, 4.69) is 17.4 Å². The molecule has 0 spiro atoms. The number of rotatable bonds is 3. The maximum Gasteiger partial charge on any atom is 0.0408 e. The van der Waals surface area contributed by atoms with Crippen LogP contribution in [0.1, 0.15) is 31.2 Å². The molecule has 2 rings (SSSR count). The molecule has 0 amide bonds. The van der Waals surface area contributed by atoms with Crippen molar-refractivity contribution >= 4 is 11.6 Å². The van der Waals surface area contributed by atoms with Gasteiger partial charge in [-0.1, -0.05) is 23.7 Å². The van der Waals surface area contributed by atoms with Crippen LogP contribution in [0.3, 0.4) is 0 Å². The molecule has 1 aromatic carbocycles. The molecule has 3 N–H and O–H groups in total. The monoisotopic (exact) mass is 252 g/mol. The van der Waals surface area contributed by atoms with E-state index in [0.717, 1.165) is 17.9 Å². The van der Waals surface area contributed by atoms with Crippen molar-refractivity contribution in [3.8, 4) is 0 Å². The second-order valence-corrected chi connectivity index (χ2v) is 5.49. The fraction of sp³-hybridized carbons (Fsp3) is 0.571. The summed E-state index contributed by atoms with van der Waals surface area (Å²) in [6.07, 6.45) is 4.69. The first kappa shape index (κ1) is 12.9. The first-order chi connectivity index (χ1) is 8.20. The molecule has 0 aliphatic heterocycles. The van der Waals surface area contributed by atoms with E-state index < -0.39 is 0 Å². The normalized spacial score (nSPS) is 29.2. The van der Waals surface area contributed by atoms with Gasteiger partial charge in [-0.2, -0.15) is 0 Å². The summed E-state index contributed by atoms with van der Waals surface area (Å²) in [5.41, 5.74) is 7.49. The van der Waals surface area contributed by atoms with E-state index in [1.54, 1.807) is 0 Å². The maximum absolute atomic E-state index is 6.09. The lowest BCUT2D eigenvalue weighted by Gasteiger charge is -2.40. The smallest absolute Gasteiger partial charge is 0.0408 e. The Bertz CT molecular complexity index is 370. The number of nitrogens with one attached hydrogen (secondary N) is 1. The van der Waals surface area contributed by atoms with Crippen LogP contribution in [0, 0.1) is 0 Å². The van der Waals surface area contributed by atoms with Gasteiger partial charge in [0.25, 0.3) is 0 Å². The van der Waals surface area contributed by atoms with Crippen LogP contribution in [0.5, 0.6) is 0 Å². The zero-order chi connectivity index (χ0) is 12.3. The van der Waals surface area contributed by atoms with Gasteiger partial charge in [-0.25, -0.2) is 0 Å². The highest BCUT2D eigenvalue weighted by atomic mass is 35.5. The highest BCUT2D eigenvalue weighted by molar-refractivity contribution is 6.30. The van der Waals surface area contributed by atoms with Gasteiger partial charge in [0.1, 0.15) is 0 Å². The zero-order valence-corrected chi connectivity index (χ0v) is 11.1. The van der Waals surface area contributed by atoms with Crippen molar-refractivity contribution in [1.82, 2.24) is 5.32 Å². The average molecular weight is 253 g/mol. The molecule has 1 aliphatic carbocycles. The van der Waals surface area contributed by atoms with E-state index in [1.807, 2.05) is 19.2 Å². The molecule has 0 saturated heterocycles. The van der Waals surface area contributed by atoms with Crippen LogP contribution < -0.4 is 11.1 Å². The molecular weight excluding hydrogens is 232 g/mol. The minimum Gasteiger partial charge on any atom is -0.330 e. The van der Waals surface area contributed by atoms with Crippen LogP contribution in [0.4, 0.5) is 0 Å². The van der Waals surface area contributed by atoms with E-state index in [0.29, 0.717) is 12.6 Å². The van der Waals surface area contributed by atoms with E-state index in [4.69, 9.17) is 17.3 Å². The molecule has 17 heavy (non-hydrogen) atoms. The summed E-state index contributed by atoms with van der Waals surface area (Å²) in [5, 5.41) is 4.17. The number of benzene rings is 1. The summed E-state index contributed by atoms with van der Waals surface area (Å²) >= 11 is 6.09. The summed E-state index contributed by atoms with van der Waals surface area (Å²) in [6, 6.07) is 8.84. The van der Waals surface area contributed by atoms with E-state index in [-0.39, 0.29) is 5.41 Å². The number of halogens is 1. The summed E-state index contributed by atoms with van der Waals surface area (Å²) in [4.78, 5) is 0. The number of hydrogen-bond acceptors (Lipinski definition) is 2. The van der Waals surface area contributed by atoms with Crippen LogP contribution in [0.2, 0.25) is 5.02 Å². The molecule has 1 saturated carbocycles. The lowest BCUT2D eigenvalue weighted by atomic mass is 9.68. The van der Waals surface area contributed by atoms with Crippen molar-refractivity contribution in [1.29, 1.82) is 0 Å². The minimum absolute atomic E-state index is 0.137. The molecule has 1 aliphatic rings. The van der Waals surface area contributed by atoms with Gasteiger partial charge in [0.15, 0.2) is 0 Å². The molecule has 0 unspecified atom stereocenters. The quantitative estimate of drug-likeness (QED) is 0.868. The van der Waals surface area contributed by atoms with Crippen molar-refractivity contribution in [2.75, 3.05) is 13.6 Å². The van der Waals surface area contributed by atoms with Crippen molar-refractivity contribution in [2.45, 2.75) is 37.1 Å². The average Bonchev–Trinajstić information content (AvgIpc) is 2.39. The van der Waals surface area contributed by atoms with Crippen molar-refractivity contribution < 1.29 is 0 Å². The predicted octanol–water partition coefficient (Wildman–Crippen LogP) is 2.70. The Labute approximate surface area is 109 Å². The van der Waals surface area contributed by atoms with E-state index in [1.165, 1.54) is 18.4 Å². The molecule has 2 nitrogen and oxygen atoms in total. The van der Waals surface area contributed by atoms with Gasteiger partial charge in [0, 0.05) is 23.0 Å². The van der Waals surface area contributed by atoms with Crippen molar-refractivity contribution in [3.05, 3.63) is 34.9 Å². The number of hydrogen-bond donors (Lipinski definition) is 2. The largest absolute Gasteiger partial charge is 0.330 e. The molecule has 0 radical (unpaired) electrons. The van der Waals surface area contributed by atoms with Crippen LogP contribution in [-0.4, -0.2) is 19.6 Å². The van der Waals surface area contributed by atoms with E-state index >= 15 is 0 Å². The fourth-order valence-electron chi connectivity index (χ4n) is 2.89. The second-order valence-electron chi connectivity index (χ2n) is 5.06. The highest BCUT2D eigenvalue weighted by Crippen LogP contribution is 2.39. The first-order valence-electron chi connectivity index (χ1n) is 6.33. The Balaban J connectivity index is 2.21. The van der Waals surface area contributed by atoms with E-state index in [9.17, 15) is 0 Å². The number of nitrogens with two attached hydrogens (primary N) is 1. The van der Waals surface area contributed by atoms with Crippen LogP contribution in [-0.2, 0) is 5.41 Å². The Kier molecular flexibility index (Phi) is 4.08. The lowest BCUT2D eigenvalue weighted by Crippen LogP contribution is -2.43. The summed E-state index contributed by atoms with van der Waals surface area (Å²) in [6.45, 7) is 0.712. The molecule has 0 aromatic heterocycles. The first-order valence-corrected chi connectivity index (χ1v) is 6.71. The van der Waals surface area contributed by atoms with Crippen LogP contribution in [0.15, 0.2) is 24.3 Å². The third-order valence-electron chi connectivity index (χ3n) is 4.18. The van der Waals surface area contributed by atoms with Gasteiger partial charge < -0.3 is 11.1 Å². The SMILES string of the molecule is CNC1CCC(CN)(c2cccc(Cl)c2)CC1. The van der Waals surface area contributed by atoms with Gasteiger partial charge in [0.2, 0.25) is 0 Å². The Morgan fingerprint density at radius 2 is 2.12 bits per heavy atom. The second kappa shape index (κ2) is 5.38. The standard InChI is InChI=1S/C14H21ClN2/c1-17-13-5-7-14(10-16,8-6-13)11-3-2-4-12(15)9-11/h2-4,9,13,17H,5-8,10,16H2,1H3. The highest BCUT2D eigenvalue weighted by Gasteiger charge is 2.35. The van der Waals surface area contributed by atoms with Crippen LogP contribution >= 0.6 is 11.6 Å². The third-order valence-corrected chi connectivity index (χ3v) is 4.41. The van der Waals surface area contributed by atoms with Gasteiger partial charge in [0.05, 0.1) is 0 Å². The Hall–Kier alpha value is -0.570. The molecule has 0 bridgehead atoms. The third kappa shape index (κ3) is 2.65. The molecule has 0 atom stereocenters. The molecule has 1 fully saturated rings. The molecule has 3 heteroatoms. The Morgan fingerprint density at radius 1 is 1.41 bits per heavy atom. The minimum atomic E-state index is 0.137. The fourth-order valence-corrected chi connectivity index (χ4v) is 3.08. The van der Waals surface area contributed by atoms with Crippen LogP contribution in [0.25, 0.3) is 0 Å². The van der Waals surface area contributed by atoms with Crippen molar-refractivity contribution in [3.63, 3.8) is 0 Å². The van der Waals surface area contributed by atoms with Gasteiger partial charge in [-0.3, -0.25) is 0 Å². The lowest BCUT2D eigenvalue weighted by molar-refractivity contribution is 0.259.